The van der Waals surface area contributed by atoms with Gasteiger partial charge in [-0.25, -0.2) is 8.78 Å². The van der Waals surface area contributed by atoms with Gasteiger partial charge in [0.2, 0.25) is 5.91 Å². The third-order valence-electron chi connectivity index (χ3n) is 3.46. The highest BCUT2D eigenvalue weighted by atomic mass is 19.2. The Bertz CT molecular complexity index is 508. The van der Waals surface area contributed by atoms with Crippen molar-refractivity contribution in [2.24, 2.45) is 0 Å². The van der Waals surface area contributed by atoms with Gasteiger partial charge >= 0.3 is 0 Å². The summed E-state index contributed by atoms with van der Waals surface area (Å²) in [7, 11) is 0. The lowest BCUT2D eigenvalue weighted by Crippen LogP contribution is -2.38. The van der Waals surface area contributed by atoms with Gasteiger partial charge in [0.15, 0.2) is 11.6 Å². The molecular weight excluding hydrogens is 294 g/mol. The fourth-order valence-electron chi connectivity index (χ4n) is 2.28. The van der Waals surface area contributed by atoms with Crippen LogP contribution in [0.1, 0.15) is 19.3 Å². The molecule has 122 valence electrons. The highest BCUT2D eigenvalue weighted by molar-refractivity contribution is 5.76. The molecule has 1 amide bonds. The van der Waals surface area contributed by atoms with E-state index in [-0.39, 0.29) is 30.9 Å². The standard InChI is InChI=1S/C15H20F2N2O3/c16-13-4-3-12(7-14(13)17)22-9-11(20)8-19-15(21)6-10-2-1-5-18-10/h3-4,7,10-11,18,20H,1-2,5-6,8-9H2,(H,19,21). The minimum Gasteiger partial charge on any atom is -0.491 e. The summed E-state index contributed by atoms with van der Waals surface area (Å²) in [6.07, 6.45) is 1.52. The quantitative estimate of drug-likeness (QED) is 0.701. The number of rotatable bonds is 7. The van der Waals surface area contributed by atoms with Crippen molar-refractivity contribution < 1.29 is 23.4 Å². The molecule has 1 aliphatic rings. The van der Waals surface area contributed by atoms with Crippen LogP contribution in [-0.2, 0) is 4.79 Å². The number of carbonyl (C=O) groups is 1. The van der Waals surface area contributed by atoms with E-state index in [4.69, 9.17) is 4.74 Å². The van der Waals surface area contributed by atoms with E-state index in [1.807, 2.05) is 0 Å². The van der Waals surface area contributed by atoms with Crippen LogP contribution in [-0.4, -0.2) is 42.9 Å². The van der Waals surface area contributed by atoms with Crippen LogP contribution in [0.3, 0.4) is 0 Å². The Hall–Kier alpha value is -1.73. The first kappa shape index (κ1) is 16.6. The van der Waals surface area contributed by atoms with Gasteiger partial charge in [0, 0.05) is 25.1 Å². The minimum absolute atomic E-state index is 0.0508. The molecule has 3 N–H and O–H groups in total. The van der Waals surface area contributed by atoms with Gasteiger partial charge in [-0.05, 0) is 31.5 Å². The maximum Gasteiger partial charge on any atom is 0.221 e. The second-order valence-electron chi connectivity index (χ2n) is 5.34. The zero-order chi connectivity index (χ0) is 15.9. The highest BCUT2D eigenvalue weighted by Crippen LogP contribution is 2.15. The van der Waals surface area contributed by atoms with E-state index in [9.17, 15) is 18.7 Å². The molecule has 0 saturated carbocycles. The normalized spacial score (nSPS) is 19.0. The molecule has 0 spiro atoms. The van der Waals surface area contributed by atoms with Crippen molar-refractivity contribution in [2.75, 3.05) is 19.7 Å². The molecule has 0 radical (unpaired) electrons. The van der Waals surface area contributed by atoms with Gasteiger partial charge in [-0.3, -0.25) is 4.79 Å². The smallest absolute Gasteiger partial charge is 0.221 e. The summed E-state index contributed by atoms with van der Waals surface area (Å²) >= 11 is 0. The maximum absolute atomic E-state index is 13.0. The molecule has 0 aliphatic carbocycles. The lowest BCUT2D eigenvalue weighted by atomic mass is 10.1. The van der Waals surface area contributed by atoms with Gasteiger partial charge in [0.25, 0.3) is 0 Å². The van der Waals surface area contributed by atoms with E-state index in [2.05, 4.69) is 10.6 Å². The lowest BCUT2D eigenvalue weighted by Gasteiger charge is -2.15. The van der Waals surface area contributed by atoms with Crippen LogP contribution >= 0.6 is 0 Å². The first-order valence-corrected chi connectivity index (χ1v) is 7.30. The number of halogens is 2. The van der Waals surface area contributed by atoms with E-state index in [0.717, 1.165) is 31.5 Å². The molecule has 1 aromatic carbocycles. The van der Waals surface area contributed by atoms with Crippen molar-refractivity contribution in [3.8, 4) is 5.75 Å². The number of benzene rings is 1. The predicted octanol–water partition coefficient (Wildman–Crippen LogP) is 0.963. The van der Waals surface area contributed by atoms with Crippen molar-refractivity contribution in [3.63, 3.8) is 0 Å². The number of aliphatic hydroxyl groups excluding tert-OH is 1. The van der Waals surface area contributed by atoms with Crippen LogP contribution < -0.4 is 15.4 Å². The average Bonchev–Trinajstić information content (AvgIpc) is 2.99. The number of ether oxygens (including phenoxy) is 1. The Morgan fingerprint density at radius 3 is 2.95 bits per heavy atom. The van der Waals surface area contributed by atoms with Crippen molar-refractivity contribution in [1.29, 1.82) is 0 Å². The number of amides is 1. The summed E-state index contributed by atoms with van der Waals surface area (Å²) in [5.74, 6) is -1.98. The molecule has 22 heavy (non-hydrogen) atoms. The molecule has 2 unspecified atom stereocenters. The summed E-state index contributed by atoms with van der Waals surface area (Å²) in [6, 6.07) is 3.34. The molecular formula is C15H20F2N2O3. The van der Waals surface area contributed by atoms with Gasteiger partial charge in [0.1, 0.15) is 18.5 Å². The summed E-state index contributed by atoms with van der Waals surface area (Å²) in [5, 5.41) is 15.6. The molecule has 0 bridgehead atoms. The van der Waals surface area contributed by atoms with Gasteiger partial charge < -0.3 is 20.5 Å². The molecule has 1 aromatic rings. The van der Waals surface area contributed by atoms with Crippen LogP contribution in [0.15, 0.2) is 18.2 Å². The Balaban J connectivity index is 1.65. The molecule has 7 heteroatoms. The van der Waals surface area contributed by atoms with Crippen LogP contribution in [0, 0.1) is 11.6 Å². The monoisotopic (exact) mass is 314 g/mol. The molecule has 5 nitrogen and oxygen atoms in total. The Morgan fingerprint density at radius 1 is 1.45 bits per heavy atom. The van der Waals surface area contributed by atoms with Crippen molar-refractivity contribution in [3.05, 3.63) is 29.8 Å². The van der Waals surface area contributed by atoms with Crippen LogP contribution in [0.25, 0.3) is 0 Å². The first-order valence-electron chi connectivity index (χ1n) is 7.30. The number of carbonyl (C=O) groups excluding carboxylic acids is 1. The van der Waals surface area contributed by atoms with E-state index in [1.54, 1.807) is 0 Å². The van der Waals surface area contributed by atoms with E-state index in [0.29, 0.717) is 6.42 Å². The number of aliphatic hydroxyl groups is 1. The van der Waals surface area contributed by atoms with Gasteiger partial charge in [0.05, 0.1) is 0 Å². The molecule has 1 saturated heterocycles. The van der Waals surface area contributed by atoms with Crippen LogP contribution in [0.2, 0.25) is 0 Å². The summed E-state index contributed by atoms with van der Waals surface area (Å²) in [5.41, 5.74) is 0. The first-order chi connectivity index (χ1) is 10.5. The Morgan fingerprint density at radius 2 is 2.27 bits per heavy atom. The highest BCUT2D eigenvalue weighted by Gasteiger charge is 2.18. The van der Waals surface area contributed by atoms with Gasteiger partial charge in [-0.2, -0.15) is 0 Å². The molecule has 1 aliphatic heterocycles. The second-order valence-corrected chi connectivity index (χ2v) is 5.34. The van der Waals surface area contributed by atoms with E-state index < -0.39 is 17.7 Å². The topological polar surface area (TPSA) is 70.6 Å². The number of hydrogen-bond acceptors (Lipinski definition) is 4. The molecule has 2 atom stereocenters. The zero-order valence-electron chi connectivity index (χ0n) is 12.1. The number of nitrogens with one attached hydrogen (secondary N) is 2. The average molecular weight is 314 g/mol. The minimum atomic E-state index is -1.01. The molecule has 0 aromatic heterocycles. The predicted molar refractivity (Wildman–Crippen MR) is 76.5 cm³/mol. The van der Waals surface area contributed by atoms with Crippen LogP contribution in [0.5, 0.6) is 5.75 Å². The largest absolute Gasteiger partial charge is 0.491 e. The lowest BCUT2D eigenvalue weighted by molar-refractivity contribution is -0.122. The van der Waals surface area contributed by atoms with Crippen LogP contribution in [0.4, 0.5) is 8.78 Å². The third-order valence-corrected chi connectivity index (χ3v) is 3.46. The third kappa shape index (κ3) is 5.23. The van der Waals surface area contributed by atoms with Crippen molar-refractivity contribution in [1.82, 2.24) is 10.6 Å². The fourth-order valence-corrected chi connectivity index (χ4v) is 2.28. The SMILES string of the molecule is O=C(CC1CCCN1)NCC(O)COc1ccc(F)c(F)c1. The summed E-state index contributed by atoms with van der Waals surface area (Å²) < 4.78 is 30.9. The Kier molecular flexibility index (Phi) is 6.09. The number of hydrogen-bond donors (Lipinski definition) is 3. The molecule has 1 heterocycles. The Labute approximate surface area is 127 Å². The van der Waals surface area contributed by atoms with Crippen molar-refractivity contribution >= 4 is 5.91 Å². The fraction of sp³-hybridized carbons (Fsp3) is 0.533. The molecule has 2 rings (SSSR count). The van der Waals surface area contributed by atoms with Gasteiger partial charge in [-0.1, -0.05) is 0 Å². The van der Waals surface area contributed by atoms with Crippen molar-refractivity contribution in [2.45, 2.75) is 31.4 Å². The zero-order valence-corrected chi connectivity index (χ0v) is 12.1. The second kappa shape index (κ2) is 8.05. The maximum atomic E-state index is 13.0. The molecule has 1 fully saturated rings. The van der Waals surface area contributed by atoms with Gasteiger partial charge in [-0.15, -0.1) is 0 Å². The summed E-state index contributed by atoms with van der Waals surface area (Å²) in [6.45, 7) is 0.866. The summed E-state index contributed by atoms with van der Waals surface area (Å²) in [4.78, 5) is 11.7. The van der Waals surface area contributed by atoms with E-state index in [1.165, 1.54) is 6.07 Å². The van der Waals surface area contributed by atoms with E-state index >= 15 is 0 Å².